The molecule has 0 saturated carbocycles. The summed E-state index contributed by atoms with van der Waals surface area (Å²) in [6.45, 7) is 10.9. The van der Waals surface area contributed by atoms with Gasteiger partial charge in [-0.2, -0.15) is 5.10 Å². The van der Waals surface area contributed by atoms with E-state index >= 15 is 0 Å². The lowest BCUT2D eigenvalue weighted by atomic mass is 9.88. The number of amides is 1. The van der Waals surface area contributed by atoms with Crippen molar-refractivity contribution in [2.45, 2.75) is 78.4 Å². The largest absolute Gasteiger partial charge is 0.393 e. The van der Waals surface area contributed by atoms with Gasteiger partial charge < -0.3 is 10.0 Å². The maximum absolute atomic E-state index is 12.4. The van der Waals surface area contributed by atoms with E-state index in [1.54, 1.807) is 0 Å². The van der Waals surface area contributed by atoms with E-state index in [1.165, 1.54) is 5.69 Å². The average molecular weight is 335 g/mol. The first-order valence-electron chi connectivity index (χ1n) is 9.27. The summed E-state index contributed by atoms with van der Waals surface area (Å²) in [6, 6.07) is 2.12. The fourth-order valence-electron chi connectivity index (χ4n) is 3.62. The molecule has 1 amide bonds. The number of rotatable bonds is 6. The Hall–Kier alpha value is -1.36. The smallest absolute Gasteiger partial charge is 0.225 e. The van der Waals surface area contributed by atoms with Crippen LogP contribution in [0.2, 0.25) is 0 Å². The molecule has 1 N–H and O–H groups in total. The second-order valence-electron chi connectivity index (χ2n) is 8.26. The summed E-state index contributed by atoms with van der Waals surface area (Å²) in [6.07, 6.45) is 5.29. The van der Waals surface area contributed by atoms with Gasteiger partial charge in [0.05, 0.1) is 12.5 Å². The number of aliphatic hydroxyl groups excluding tert-OH is 1. The molecule has 1 saturated heterocycles. The molecule has 1 atom stereocenters. The van der Waals surface area contributed by atoms with E-state index in [4.69, 9.17) is 0 Å². The van der Waals surface area contributed by atoms with E-state index in [0.717, 1.165) is 38.9 Å². The molecule has 1 fully saturated rings. The fraction of sp³-hybridized carbons (Fsp3) is 0.789. The Morgan fingerprint density at radius 1 is 1.38 bits per heavy atom. The molecule has 0 aromatic carbocycles. The Morgan fingerprint density at radius 2 is 2.04 bits per heavy atom. The van der Waals surface area contributed by atoms with Gasteiger partial charge >= 0.3 is 0 Å². The van der Waals surface area contributed by atoms with Gasteiger partial charge in [0, 0.05) is 37.4 Å². The fourth-order valence-corrected chi connectivity index (χ4v) is 3.62. The Labute approximate surface area is 146 Å². The number of aromatic nitrogens is 2. The summed E-state index contributed by atoms with van der Waals surface area (Å²) in [7, 11) is 0. The molecule has 1 aromatic heterocycles. The van der Waals surface area contributed by atoms with Crippen molar-refractivity contribution in [2.24, 2.45) is 5.41 Å². The second kappa shape index (κ2) is 8.15. The lowest BCUT2D eigenvalue weighted by Crippen LogP contribution is -2.40. The Balaban J connectivity index is 1.83. The SMILES string of the molecule is CCCn1nccc1C1CCN(C(=O)CC(O)CC(C)(C)C)CC1. The molecule has 0 spiro atoms. The van der Waals surface area contributed by atoms with Crippen LogP contribution in [0.15, 0.2) is 12.3 Å². The third kappa shape index (κ3) is 5.33. The molecule has 24 heavy (non-hydrogen) atoms. The highest BCUT2D eigenvalue weighted by molar-refractivity contribution is 5.76. The van der Waals surface area contributed by atoms with E-state index in [0.29, 0.717) is 12.3 Å². The van der Waals surface area contributed by atoms with Crippen molar-refractivity contribution in [1.29, 1.82) is 0 Å². The molecule has 2 rings (SSSR count). The van der Waals surface area contributed by atoms with Crippen LogP contribution in [0, 0.1) is 5.41 Å². The third-order valence-electron chi connectivity index (χ3n) is 4.71. The summed E-state index contributed by atoms with van der Waals surface area (Å²) in [5.74, 6) is 0.579. The van der Waals surface area contributed by atoms with Crippen LogP contribution in [0.4, 0.5) is 0 Å². The molecule has 0 aliphatic carbocycles. The van der Waals surface area contributed by atoms with Crippen molar-refractivity contribution in [3.05, 3.63) is 18.0 Å². The number of hydrogen-bond acceptors (Lipinski definition) is 3. The quantitative estimate of drug-likeness (QED) is 0.868. The highest BCUT2D eigenvalue weighted by atomic mass is 16.3. The number of aryl methyl sites for hydroxylation is 1. The molecular formula is C19H33N3O2. The molecular weight excluding hydrogens is 302 g/mol. The molecule has 1 unspecified atom stereocenters. The number of aliphatic hydroxyl groups is 1. The summed E-state index contributed by atoms with van der Waals surface area (Å²) in [4.78, 5) is 14.3. The van der Waals surface area contributed by atoms with Gasteiger partial charge in [0.15, 0.2) is 0 Å². The highest BCUT2D eigenvalue weighted by Crippen LogP contribution is 2.29. The predicted octanol–water partition coefficient (Wildman–Crippen LogP) is 3.19. The van der Waals surface area contributed by atoms with Crippen LogP contribution < -0.4 is 0 Å². The van der Waals surface area contributed by atoms with E-state index in [9.17, 15) is 9.90 Å². The van der Waals surface area contributed by atoms with Gasteiger partial charge in [-0.05, 0) is 37.2 Å². The van der Waals surface area contributed by atoms with Crippen molar-refractivity contribution >= 4 is 5.91 Å². The van der Waals surface area contributed by atoms with Gasteiger partial charge in [-0.25, -0.2) is 0 Å². The monoisotopic (exact) mass is 335 g/mol. The van der Waals surface area contributed by atoms with Gasteiger partial charge in [0.25, 0.3) is 0 Å². The van der Waals surface area contributed by atoms with Crippen LogP contribution in [0.3, 0.4) is 0 Å². The molecule has 1 aliphatic rings. The number of nitrogens with zero attached hydrogens (tertiary/aromatic N) is 3. The molecule has 0 radical (unpaired) electrons. The standard InChI is InChI=1S/C19H33N3O2/c1-5-10-22-17(6-9-20-22)15-7-11-21(12-8-15)18(24)13-16(23)14-19(2,3)4/h6,9,15-16,23H,5,7-8,10-14H2,1-4H3. The second-order valence-corrected chi connectivity index (χ2v) is 8.26. The molecule has 5 heteroatoms. The first kappa shape index (κ1) is 19.0. The van der Waals surface area contributed by atoms with Crippen LogP contribution >= 0.6 is 0 Å². The van der Waals surface area contributed by atoms with Gasteiger partial charge in [0.2, 0.25) is 5.91 Å². The first-order chi connectivity index (χ1) is 11.3. The molecule has 5 nitrogen and oxygen atoms in total. The normalized spacial score (nSPS) is 18.0. The van der Waals surface area contributed by atoms with Crippen molar-refractivity contribution in [3.63, 3.8) is 0 Å². The molecule has 0 bridgehead atoms. The van der Waals surface area contributed by atoms with Crippen LogP contribution in [-0.4, -0.2) is 44.9 Å². The zero-order valence-corrected chi connectivity index (χ0v) is 15.7. The van der Waals surface area contributed by atoms with Crippen LogP contribution in [0.5, 0.6) is 0 Å². The van der Waals surface area contributed by atoms with Crippen molar-refractivity contribution in [1.82, 2.24) is 14.7 Å². The maximum atomic E-state index is 12.4. The summed E-state index contributed by atoms with van der Waals surface area (Å²) in [5.41, 5.74) is 1.35. The number of carbonyl (C=O) groups is 1. The van der Waals surface area contributed by atoms with Crippen molar-refractivity contribution < 1.29 is 9.90 Å². The van der Waals surface area contributed by atoms with Gasteiger partial charge in [-0.15, -0.1) is 0 Å². The van der Waals surface area contributed by atoms with Crippen molar-refractivity contribution in [2.75, 3.05) is 13.1 Å². The van der Waals surface area contributed by atoms with E-state index < -0.39 is 6.10 Å². The molecule has 136 valence electrons. The van der Waals surface area contributed by atoms with Gasteiger partial charge in [-0.1, -0.05) is 27.7 Å². The lowest BCUT2D eigenvalue weighted by molar-refractivity contribution is -0.134. The zero-order valence-electron chi connectivity index (χ0n) is 15.7. The topological polar surface area (TPSA) is 58.4 Å². The Bertz CT molecular complexity index is 525. The molecule has 2 heterocycles. The Morgan fingerprint density at radius 3 is 2.62 bits per heavy atom. The molecule has 1 aliphatic heterocycles. The van der Waals surface area contributed by atoms with Gasteiger partial charge in [0.1, 0.15) is 0 Å². The number of carbonyl (C=O) groups excluding carboxylic acids is 1. The number of hydrogen-bond donors (Lipinski definition) is 1. The first-order valence-corrected chi connectivity index (χ1v) is 9.27. The van der Waals surface area contributed by atoms with E-state index in [-0.39, 0.29) is 17.7 Å². The summed E-state index contributed by atoms with van der Waals surface area (Å²) < 4.78 is 2.11. The van der Waals surface area contributed by atoms with E-state index in [2.05, 4.69) is 43.5 Å². The average Bonchev–Trinajstić information content (AvgIpc) is 2.94. The maximum Gasteiger partial charge on any atom is 0.225 e. The molecule has 1 aromatic rings. The van der Waals surface area contributed by atoms with Crippen LogP contribution in [0.25, 0.3) is 0 Å². The highest BCUT2D eigenvalue weighted by Gasteiger charge is 2.27. The minimum atomic E-state index is -0.541. The number of likely N-dealkylation sites (tertiary alicyclic amines) is 1. The Kier molecular flexibility index (Phi) is 6.44. The zero-order chi connectivity index (χ0) is 17.7. The minimum Gasteiger partial charge on any atom is -0.393 e. The van der Waals surface area contributed by atoms with Crippen LogP contribution in [-0.2, 0) is 11.3 Å². The van der Waals surface area contributed by atoms with Crippen LogP contribution in [0.1, 0.15) is 71.4 Å². The van der Waals surface area contributed by atoms with Crippen molar-refractivity contribution in [3.8, 4) is 0 Å². The summed E-state index contributed by atoms with van der Waals surface area (Å²) >= 11 is 0. The van der Waals surface area contributed by atoms with Gasteiger partial charge in [-0.3, -0.25) is 9.48 Å². The predicted molar refractivity (Wildman–Crippen MR) is 95.8 cm³/mol. The lowest BCUT2D eigenvalue weighted by Gasteiger charge is -2.33. The van der Waals surface area contributed by atoms with E-state index in [1.807, 2.05) is 11.1 Å². The minimum absolute atomic E-state index is 0.0460. The third-order valence-corrected chi connectivity index (χ3v) is 4.71. The summed E-state index contributed by atoms with van der Waals surface area (Å²) in [5, 5.41) is 14.5. The number of piperidine rings is 1.